The zero-order valence-electron chi connectivity index (χ0n) is 11.1. The van der Waals surface area contributed by atoms with E-state index in [0.717, 1.165) is 12.4 Å². The molecule has 0 aliphatic rings. The van der Waals surface area contributed by atoms with Crippen LogP contribution in [0, 0.1) is 0 Å². The molecule has 4 heteroatoms. The first-order valence-electron chi connectivity index (χ1n) is 6.48. The maximum atomic E-state index is 4.51. The SMILES string of the molecule is CCNC(c1cccc2ccsc12)c1nccn1C. The van der Waals surface area contributed by atoms with E-state index in [-0.39, 0.29) is 6.04 Å². The van der Waals surface area contributed by atoms with Crippen LogP contribution in [0.1, 0.15) is 24.4 Å². The van der Waals surface area contributed by atoms with Gasteiger partial charge in [0.25, 0.3) is 0 Å². The molecular weight excluding hydrogens is 254 g/mol. The highest BCUT2D eigenvalue weighted by molar-refractivity contribution is 7.17. The van der Waals surface area contributed by atoms with Gasteiger partial charge in [0.1, 0.15) is 5.82 Å². The Morgan fingerprint density at radius 2 is 2.26 bits per heavy atom. The molecule has 0 saturated carbocycles. The Morgan fingerprint density at radius 3 is 3.00 bits per heavy atom. The molecule has 0 aliphatic carbocycles. The zero-order valence-corrected chi connectivity index (χ0v) is 11.9. The van der Waals surface area contributed by atoms with Crippen molar-refractivity contribution in [2.24, 2.45) is 7.05 Å². The van der Waals surface area contributed by atoms with E-state index in [4.69, 9.17) is 0 Å². The van der Waals surface area contributed by atoms with Gasteiger partial charge in [-0.05, 0) is 28.9 Å². The van der Waals surface area contributed by atoms with Crippen LogP contribution in [0.3, 0.4) is 0 Å². The van der Waals surface area contributed by atoms with Gasteiger partial charge in [0.05, 0.1) is 6.04 Å². The van der Waals surface area contributed by atoms with Gasteiger partial charge in [-0.15, -0.1) is 11.3 Å². The molecule has 3 rings (SSSR count). The van der Waals surface area contributed by atoms with Crippen LogP contribution in [0.15, 0.2) is 42.0 Å². The average molecular weight is 271 g/mol. The van der Waals surface area contributed by atoms with Crippen molar-refractivity contribution in [2.75, 3.05) is 6.54 Å². The Balaban J connectivity index is 2.15. The third kappa shape index (κ3) is 2.17. The number of nitrogens with one attached hydrogen (secondary N) is 1. The van der Waals surface area contributed by atoms with Crippen LogP contribution in [-0.4, -0.2) is 16.1 Å². The number of rotatable bonds is 4. The number of benzene rings is 1. The molecule has 3 aromatic rings. The first-order chi connectivity index (χ1) is 9.31. The van der Waals surface area contributed by atoms with E-state index >= 15 is 0 Å². The van der Waals surface area contributed by atoms with Crippen molar-refractivity contribution >= 4 is 21.4 Å². The van der Waals surface area contributed by atoms with Crippen molar-refractivity contribution in [2.45, 2.75) is 13.0 Å². The number of nitrogens with zero attached hydrogens (tertiary/aromatic N) is 2. The molecule has 3 nitrogen and oxygen atoms in total. The van der Waals surface area contributed by atoms with Crippen molar-refractivity contribution in [3.05, 3.63) is 53.4 Å². The molecule has 1 atom stereocenters. The summed E-state index contributed by atoms with van der Waals surface area (Å²) in [6.07, 6.45) is 3.85. The van der Waals surface area contributed by atoms with E-state index in [1.807, 2.05) is 19.4 Å². The molecule has 2 aromatic heterocycles. The molecule has 1 aromatic carbocycles. The number of hydrogen-bond acceptors (Lipinski definition) is 3. The number of fused-ring (bicyclic) bond motifs is 1. The summed E-state index contributed by atoms with van der Waals surface area (Å²) in [7, 11) is 2.04. The van der Waals surface area contributed by atoms with Crippen LogP contribution >= 0.6 is 11.3 Å². The maximum absolute atomic E-state index is 4.51. The van der Waals surface area contributed by atoms with Crippen LogP contribution in [-0.2, 0) is 7.05 Å². The van der Waals surface area contributed by atoms with E-state index in [2.05, 4.69) is 51.4 Å². The van der Waals surface area contributed by atoms with Crippen LogP contribution in [0.5, 0.6) is 0 Å². The fourth-order valence-electron chi connectivity index (χ4n) is 2.44. The van der Waals surface area contributed by atoms with Crippen LogP contribution in [0.4, 0.5) is 0 Å². The van der Waals surface area contributed by atoms with E-state index < -0.39 is 0 Å². The highest BCUT2D eigenvalue weighted by Crippen LogP contribution is 2.31. The zero-order chi connectivity index (χ0) is 13.2. The average Bonchev–Trinajstić information content (AvgIpc) is 3.04. The predicted molar refractivity (Wildman–Crippen MR) is 80.6 cm³/mol. The largest absolute Gasteiger partial charge is 0.336 e. The lowest BCUT2D eigenvalue weighted by Gasteiger charge is -2.19. The molecule has 0 bridgehead atoms. The van der Waals surface area contributed by atoms with Gasteiger partial charge in [0.15, 0.2) is 0 Å². The molecule has 0 fully saturated rings. The normalized spacial score (nSPS) is 12.9. The van der Waals surface area contributed by atoms with Gasteiger partial charge in [-0.25, -0.2) is 4.98 Å². The minimum absolute atomic E-state index is 0.146. The third-order valence-electron chi connectivity index (χ3n) is 3.35. The van der Waals surface area contributed by atoms with Gasteiger partial charge in [-0.1, -0.05) is 25.1 Å². The summed E-state index contributed by atoms with van der Waals surface area (Å²) < 4.78 is 3.43. The third-order valence-corrected chi connectivity index (χ3v) is 4.32. The van der Waals surface area contributed by atoms with Crippen molar-refractivity contribution in [1.82, 2.24) is 14.9 Å². The molecule has 2 heterocycles. The molecule has 1 N–H and O–H groups in total. The van der Waals surface area contributed by atoms with Gasteiger partial charge < -0.3 is 9.88 Å². The van der Waals surface area contributed by atoms with Gasteiger partial charge in [-0.3, -0.25) is 0 Å². The lowest BCUT2D eigenvalue weighted by molar-refractivity contribution is 0.581. The number of aromatic nitrogens is 2. The minimum Gasteiger partial charge on any atom is -0.336 e. The van der Waals surface area contributed by atoms with Gasteiger partial charge in [0, 0.05) is 24.1 Å². The highest BCUT2D eigenvalue weighted by atomic mass is 32.1. The smallest absolute Gasteiger partial charge is 0.130 e. The second kappa shape index (κ2) is 5.15. The Morgan fingerprint density at radius 1 is 1.37 bits per heavy atom. The molecule has 98 valence electrons. The molecule has 0 amide bonds. The lowest BCUT2D eigenvalue weighted by Crippen LogP contribution is -2.24. The molecular formula is C15H17N3S. The van der Waals surface area contributed by atoms with Gasteiger partial charge in [0.2, 0.25) is 0 Å². The van der Waals surface area contributed by atoms with Crippen molar-refractivity contribution in [1.29, 1.82) is 0 Å². The van der Waals surface area contributed by atoms with E-state index in [0.29, 0.717) is 0 Å². The standard InChI is InChI=1S/C15H17N3S/c1-3-16-13(15-17-8-9-18(15)2)12-6-4-5-11-7-10-19-14(11)12/h4-10,13,16H,3H2,1-2H3. The molecule has 0 saturated heterocycles. The summed E-state index contributed by atoms with van der Waals surface area (Å²) in [5.74, 6) is 1.06. The number of aryl methyl sites for hydroxylation is 1. The molecule has 0 aliphatic heterocycles. The highest BCUT2D eigenvalue weighted by Gasteiger charge is 2.19. The Hall–Kier alpha value is -1.65. The van der Waals surface area contributed by atoms with E-state index in [1.165, 1.54) is 15.6 Å². The summed E-state index contributed by atoms with van der Waals surface area (Å²) in [5, 5.41) is 7.00. The first kappa shape index (κ1) is 12.4. The number of hydrogen-bond donors (Lipinski definition) is 1. The monoisotopic (exact) mass is 271 g/mol. The Labute approximate surface area is 116 Å². The molecule has 19 heavy (non-hydrogen) atoms. The van der Waals surface area contributed by atoms with Crippen LogP contribution in [0.2, 0.25) is 0 Å². The van der Waals surface area contributed by atoms with Crippen LogP contribution in [0.25, 0.3) is 10.1 Å². The second-order valence-electron chi connectivity index (χ2n) is 4.57. The van der Waals surface area contributed by atoms with Crippen molar-refractivity contribution in [3.63, 3.8) is 0 Å². The summed E-state index contributed by atoms with van der Waals surface area (Å²) >= 11 is 1.79. The summed E-state index contributed by atoms with van der Waals surface area (Å²) in [5.41, 5.74) is 1.31. The number of imidazole rings is 1. The van der Waals surface area contributed by atoms with Crippen LogP contribution < -0.4 is 5.32 Å². The Bertz CT molecular complexity index is 683. The summed E-state index contributed by atoms with van der Waals surface area (Å²) in [6, 6.07) is 8.80. The Kier molecular flexibility index (Phi) is 3.36. The summed E-state index contributed by atoms with van der Waals surface area (Å²) in [6.45, 7) is 3.05. The quantitative estimate of drug-likeness (QED) is 0.789. The molecule has 0 radical (unpaired) electrons. The first-order valence-corrected chi connectivity index (χ1v) is 7.36. The second-order valence-corrected chi connectivity index (χ2v) is 5.49. The number of thiophene rings is 1. The molecule has 1 unspecified atom stereocenters. The van der Waals surface area contributed by atoms with Crippen molar-refractivity contribution in [3.8, 4) is 0 Å². The fraction of sp³-hybridized carbons (Fsp3) is 0.267. The predicted octanol–water partition coefficient (Wildman–Crippen LogP) is 3.33. The van der Waals surface area contributed by atoms with Crippen molar-refractivity contribution < 1.29 is 0 Å². The van der Waals surface area contributed by atoms with Gasteiger partial charge >= 0.3 is 0 Å². The lowest BCUT2D eigenvalue weighted by atomic mass is 10.0. The minimum atomic E-state index is 0.146. The maximum Gasteiger partial charge on any atom is 0.130 e. The summed E-state index contributed by atoms with van der Waals surface area (Å²) in [4.78, 5) is 4.51. The topological polar surface area (TPSA) is 29.9 Å². The van der Waals surface area contributed by atoms with Gasteiger partial charge in [-0.2, -0.15) is 0 Å². The fourth-order valence-corrected chi connectivity index (χ4v) is 3.39. The van der Waals surface area contributed by atoms with E-state index in [1.54, 1.807) is 11.3 Å². The molecule has 0 spiro atoms. The van der Waals surface area contributed by atoms with E-state index in [9.17, 15) is 0 Å².